The number of thiazole rings is 1. The minimum absolute atomic E-state index is 0.332. The topological polar surface area (TPSA) is 57.0 Å². The molecule has 0 fully saturated rings. The number of hydrogen-bond acceptors (Lipinski definition) is 5. The van der Waals surface area contributed by atoms with Gasteiger partial charge in [0.25, 0.3) is 0 Å². The third kappa shape index (κ3) is 4.14. The lowest BCUT2D eigenvalue weighted by atomic mass is 9.89. The molecule has 0 amide bonds. The Morgan fingerprint density at radius 1 is 1.09 bits per heavy atom. The van der Waals surface area contributed by atoms with Gasteiger partial charge in [0.2, 0.25) is 5.13 Å². The predicted octanol–water partition coefficient (Wildman–Crippen LogP) is 6.36. The van der Waals surface area contributed by atoms with Crippen molar-refractivity contribution >= 4 is 29.0 Å². The molecule has 4 aromatic rings. The van der Waals surface area contributed by atoms with E-state index >= 15 is 0 Å². The molecule has 1 aliphatic carbocycles. The number of hydrogen-bond donors (Lipinski definition) is 0. The average Bonchev–Trinajstić information content (AvgIpc) is 3.42. The molecule has 33 heavy (non-hydrogen) atoms. The summed E-state index contributed by atoms with van der Waals surface area (Å²) < 4.78 is 7.15. The van der Waals surface area contributed by atoms with Gasteiger partial charge in [-0.25, -0.2) is 14.5 Å². The van der Waals surface area contributed by atoms with Gasteiger partial charge in [0, 0.05) is 11.1 Å². The molecular formula is C27H25N3O2S. The zero-order valence-corrected chi connectivity index (χ0v) is 19.6. The quantitative estimate of drug-likeness (QED) is 0.329. The van der Waals surface area contributed by atoms with Crippen molar-refractivity contribution in [3.8, 4) is 16.4 Å². The third-order valence-electron chi connectivity index (χ3n) is 5.78. The summed E-state index contributed by atoms with van der Waals surface area (Å²) >= 11 is 1.33. The number of aromatic nitrogens is 3. The molecule has 2 heterocycles. The van der Waals surface area contributed by atoms with Crippen LogP contribution in [0.5, 0.6) is 0 Å². The number of rotatable bonds is 5. The molecule has 0 bridgehead atoms. The fourth-order valence-electron chi connectivity index (χ4n) is 4.30. The van der Waals surface area contributed by atoms with Crippen LogP contribution >= 0.6 is 11.3 Å². The average molecular weight is 456 g/mol. The van der Waals surface area contributed by atoms with E-state index in [0.717, 1.165) is 36.2 Å². The standard InChI is InChI=1S/C27H25N3O2S/c1-3-32-26(31)25-18(2)28-27(33-25)30-24(20-13-8-5-9-14-20)22-16-10-15-21(23(22)29-30)17-19-11-6-4-7-12-19/h4-9,11-14,17H,3,10,15-16H2,1-2H3. The van der Waals surface area contributed by atoms with E-state index in [0.29, 0.717) is 22.3 Å². The number of aryl methyl sites for hydroxylation is 1. The maximum absolute atomic E-state index is 12.4. The van der Waals surface area contributed by atoms with Crippen LogP contribution in [0, 0.1) is 6.92 Å². The molecular weight excluding hydrogens is 430 g/mol. The van der Waals surface area contributed by atoms with Gasteiger partial charge in [0.05, 0.1) is 23.7 Å². The maximum Gasteiger partial charge on any atom is 0.350 e. The summed E-state index contributed by atoms with van der Waals surface area (Å²) in [6, 6.07) is 20.7. The summed E-state index contributed by atoms with van der Waals surface area (Å²) in [4.78, 5) is 17.7. The number of esters is 1. The summed E-state index contributed by atoms with van der Waals surface area (Å²) in [5, 5.41) is 5.76. The van der Waals surface area contributed by atoms with Crippen molar-refractivity contribution in [3.05, 3.63) is 88.1 Å². The molecule has 6 heteroatoms. The van der Waals surface area contributed by atoms with E-state index in [4.69, 9.17) is 14.8 Å². The smallest absolute Gasteiger partial charge is 0.350 e. The van der Waals surface area contributed by atoms with Crippen molar-refractivity contribution in [3.63, 3.8) is 0 Å². The number of carbonyl (C=O) groups excluding carboxylic acids is 1. The van der Waals surface area contributed by atoms with Crippen LogP contribution in [0.3, 0.4) is 0 Å². The van der Waals surface area contributed by atoms with Crippen LogP contribution in [0.25, 0.3) is 28.0 Å². The molecule has 0 aliphatic heterocycles. The molecule has 166 valence electrons. The monoisotopic (exact) mass is 455 g/mol. The molecule has 0 N–H and O–H groups in total. The highest BCUT2D eigenvalue weighted by Crippen LogP contribution is 2.39. The van der Waals surface area contributed by atoms with Gasteiger partial charge in [-0.3, -0.25) is 0 Å². The second-order valence-corrected chi connectivity index (χ2v) is 9.00. The number of ether oxygens (including phenoxy) is 1. The highest BCUT2D eigenvalue weighted by molar-refractivity contribution is 7.16. The van der Waals surface area contributed by atoms with Gasteiger partial charge in [-0.15, -0.1) is 0 Å². The van der Waals surface area contributed by atoms with Crippen LogP contribution in [-0.2, 0) is 11.2 Å². The van der Waals surface area contributed by atoms with Gasteiger partial charge >= 0.3 is 5.97 Å². The fourth-order valence-corrected chi connectivity index (χ4v) is 5.22. The van der Waals surface area contributed by atoms with E-state index in [9.17, 15) is 4.79 Å². The number of fused-ring (bicyclic) bond motifs is 1. The first kappa shape index (κ1) is 21.3. The lowest BCUT2D eigenvalue weighted by Crippen LogP contribution is -2.03. The SMILES string of the molecule is CCOC(=O)c1sc(-n2nc3c(c2-c2ccccc2)CCCC3=Cc2ccccc2)nc1C. The van der Waals surface area contributed by atoms with E-state index in [2.05, 4.69) is 42.5 Å². The molecule has 2 aromatic carbocycles. The normalized spacial score (nSPS) is 14.3. The minimum Gasteiger partial charge on any atom is -0.462 e. The van der Waals surface area contributed by atoms with E-state index in [1.54, 1.807) is 0 Å². The van der Waals surface area contributed by atoms with Crippen LogP contribution in [0.1, 0.15) is 52.0 Å². The van der Waals surface area contributed by atoms with Gasteiger partial charge in [0.15, 0.2) is 0 Å². The zero-order chi connectivity index (χ0) is 22.8. The van der Waals surface area contributed by atoms with E-state index < -0.39 is 0 Å². The van der Waals surface area contributed by atoms with Crippen molar-refractivity contribution in [2.75, 3.05) is 6.61 Å². The largest absolute Gasteiger partial charge is 0.462 e. The molecule has 1 aliphatic rings. The Bertz CT molecular complexity index is 1320. The van der Waals surface area contributed by atoms with Gasteiger partial charge in [-0.1, -0.05) is 72.0 Å². The Hall–Kier alpha value is -3.51. The molecule has 0 atom stereocenters. The molecule has 0 saturated heterocycles. The number of benzene rings is 2. The molecule has 0 unspecified atom stereocenters. The number of carbonyl (C=O) groups is 1. The first-order valence-electron chi connectivity index (χ1n) is 11.2. The Labute approximate surface area is 197 Å². The van der Waals surface area contributed by atoms with E-state index in [1.807, 2.05) is 42.8 Å². The zero-order valence-electron chi connectivity index (χ0n) is 18.7. The summed E-state index contributed by atoms with van der Waals surface area (Å²) in [5.41, 5.74) is 7.48. The van der Waals surface area contributed by atoms with Gasteiger partial charge in [-0.05, 0) is 50.3 Å². The molecule has 2 aromatic heterocycles. The molecule has 5 nitrogen and oxygen atoms in total. The van der Waals surface area contributed by atoms with Crippen LogP contribution in [0.4, 0.5) is 0 Å². The van der Waals surface area contributed by atoms with Crippen molar-refractivity contribution < 1.29 is 9.53 Å². The van der Waals surface area contributed by atoms with Crippen LogP contribution in [0.2, 0.25) is 0 Å². The lowest BCUT2D eigenvalue weighted by molar-refractivity contribution is 0.0531. The fraction of sp³-hybridized carbons (Fsp3) is 0.222. The highest BCUT2D eigenvalue weighted by Gasteiger charge is 2.27. The van der Waals surface area contributed by atoms with Gasteiger partial charge in [0.1, 0.15) is 4.88 Å². The minimum atomic E-state index is -0.332. The van der Waals surface area contributed by atoms with Gasteiger partial charge < -0.3 is 4.74 Å². The Balaban J connectivity index is 1.69. The lowest BCUT2D eigenvalue weighted by Gasteiger charge is -2.15. The highest BCUT2D eigenvalue weighted by atomic mass is 32.1. The van der Waals surface area contributed by atoms with Gasteiger partial charge in [-0.2, -0.15) is 5.10 Å². The van der Waals surface area contributed by atoms with Crippen molar-refractivity contribution in [2.45, 2.75) is 33.1 Å². The summed E-state index contributed by atoms with van der Waals surface area (Å²) in [6.45, 7) is 3.99. The van der Waals surface area contributed by atoms with Crippen molar-refractivity contribution in [2.24, 2.45) is 0 Å². The second-order valence-electron chi connectivity index (χ2n) is 8.02. The first-order chi connectivity index (χ1) is 16.2. The third-order valence-corrected chi connectivity index (χ3v) is 6.89. The van der Waals surface area contributed by atoms with Crippen molar-refractivity contribution in [1.82, 2.24) is 14.8 Å². The molecule has 5 rings (SSSR count). The first-order valence-corrected chi connectivity index (χ1v) is 12.1. The Kier molecular flexibility index (Phi) is 5.92. The number of nitrogens with zero attached hydrogens (tertiary/aromatic N) is 3. The van der Waals surface area contributed by atoms with E-state index in [-0.39, 0.29) is 5.97 Å². The van der Waals surface area contributed by atoms with Crippen LogP contribution in [0.15, 0.2) is 60.7 Å². The van der Waals surface area contributed by atoms with Crippen LogP contribution in [-0.4, -0.2) is 27.3 Å². The summed E-state index contributed by atoms with van der Waals surface area (Å²) in [5.74, 6) is -0.332. The molecule has 0 radical (unpaired) electrons. The van der Waals surface area contributed by atoms with E-state index in [1.165, 1.54) is 28.0 Å². The number of allylic oxidation sites excluding steroid dienone is 1. The summed E-state index contributed by atoms with van der Waals surface area (Å²) in [6.07, 6.45) is 5.25. The van der Waals surface area contributed by atoms with Crippen LogP contribution < -0.4 is 0 Å². The summed E-state index contributed by atoms with van der Waals surface area (Å²) in [7, 11) is 0. The molecule has 0 spiro atoms. The predicted molar refractivity (Wildman–Crippen MR) is 133 cm³/mol. The molecule has 0 saturated carbocycles. The maximum atomic E-state index is 12.4. The Morgan fingerprint density at radius 2 is 1.82 bits per heavy atom. The van der Waals surface area contributed by atoms with Crippen molar-refractivity contribution in [1.29, 1.82) is 0 Å². The second kappa shape index (κ2) is 9.16. The Morgan fingerprint density at radius 3 is 2.55 bits per heavy atom.